The van der Waals surface area contributed by atoms with E-state index >= 15 is 0 Å². The summed E-state index contributed by atoms with van der Waals surface area (Å²) in [5, 5.41) is 40.4. The van der Waals surface area contributed by atoms with Crippen molar-refractivity contribution < 1.29 is 29.6 Å². The molecule has 0 saturated heterocycles. The average molecular weight is 427 g/mol. The zero-order valence-electron chi connectivity index (χ0n) is 17.4. The Hall–Kier alpha value is -3.16. The van der Waals surface area contributed by atoms with E-state index in [2.05, 4.69) is 0 Å². The molecule has 0 radical (unpaired) electrons. The van der Waals surface area contributed by atoms with Crippen molar-refractivity contribution in [3.63, 3.8) is 0 Å². The third-order valence-electron chi connectivity index (χ3n) is 5.13. The number of nitrogens with zero attached hydrogens (tertiary/aromatic N) is 1. The topological polar surface area (TPSA) is 103 Å². The van der Waals surface area contributed by atoms with E-state index in [1.807, 2.05) is 42.7 Å². The van der Waals surface area contributed by atoms with Gasteiger partial charge in [-0.3, -0.25) is 4.79 Å². The Kier molecular flexibility index (Phi) is 6.77. The van der Waals surface area contributed by atoms with E-state index in [1.54, 1.807) is 12.1 Å². The lowest BCUT2D eigenvalue weighted by molar-refractivity contribution is -0.139. The lowest BCUT2D eigenvalue weighted by Crippen LogP contribution is -2.22. The molecule has 0 aliphatic heterocycles. The van der Waals surface area contributed by atoms with Crippen LogP contribution in [0, 0.1) is 5.82 Å². The second-order valence-electron chi connectivity index (χ2n) is 7.82. The Labute approximate surface area is 179 Å². The molecule has 164 valence electrons. The molecule has 0 unspecified atom stereocenters. The van der Waals surface area contributed by atoms with Crippen LogP contribution < -0.4 is 0 Å². The zero-order valence-corrected chi connectivity index (χ0v) is 17.4. The molecule has 6 nitrogen and oxygen atoms in total. The molecule has 0 aliphatic rings. The van der Waals surface area contributed by atoms with Crippen molar-refractivity contribution in [2.24, 2.45) is 0 Å². The number of para-hydroxylation sites is 1. The number of aliphatic hydroxyl groups excluding tert-OH is 3. The molecular weight excluding hydrogens is 401 g/mol. The Morgan fingerprint density at radius 1 is 1.06 bits per heavy atom. The minimum Gasteiger partial charge on any atom is -0.509 e. The molecule has 3 aromatic rings. The molecule has 0 fully saturated rings. The van der Waals surface area contributed by atoms with Crippen molar-refractivity contribution >= 4 is 22.9 Å². The van der Waals surface area contributed by atoms with Crippen LogP contribution in [0.15, 0.2) is 54.3 Å². The summed E-state index contributed by atoms with van der Waals surface area (Å²) in [6, 6.07) is 13.7. The first kappa shape index (κ1) is 22.5. The number of aliphatic hydroxyl groups is 3. The van der Waals surface area contributed by atoms with Gasteiger partial charge in [-0.15, -0.1) is 0 Å². The fraction of sp³-hybridized carbons (Fsp3) is 0.292. The third-order valence-corrected chi connectivity index (χ3v) is 5.13. The van der Waals surface area contributed by atoms with Crippen LogP contribution in [-0.4, -0.2) is 43.2 Å². The van der Waals surface area contributed by atoms with E-state index in [0.717, 1.165) is 22.0 Å². The van der Waals surface area contributed by atoms with Crippen molar-refractivity contribution in [2.45, 2.75) is 44.9 Å². The van der Waals surface area contributed by atoms with Crippen molar-refractivity contribution in [1.29, 1.82) is 0 Å². The predicted molar refractivity (Wildman–Crippen MR) is 117 cm³/mol. The predicted octanol–water partition coefficient (Wildman–Crippen LogP) is 4.51. The number of halogens is 1. The molecule has 0 aliphatic carbocycles. The molecule has 2 atom stereocenters. The Bertz CT molecular complexity index is 1100. The molecule has 0 bridgehead atoms. The van der Waals surface area contributed by atoms with Gasteiger partial charge < -0.3 is 25.0 Å². The lowest BCUT2D eigenvalue weighted by Gasteiger charge is -2.17. The maximum atomic E-state index is 13.5. The number of carboxylic acids is 1. The number of aliphatic carboxylic acids is 1. The zero-order chi connectivity index (χ0) is 22.7. The molecule has 4 N–H and O–H groups in total. The molecule has 3 rings (SSSR count). The maximum absolute atomic E-state index is 13.5. The lowest BCUT2D eigenvalue weighted by atomic mass is 10.0. The fourth-order valence-corrected chi connectivity index (χ4v) is 3.80. The van der Waals surface area contributed by atoms with Crippen molar-refractivity contribution in [3.8, 4) is 11.1 Å². The maximum Gasteiger partial charge on any atom is 0.305 e. The van der Waals surface area contributed by atoms with Gasteiger partial charge in [-0.25, -0.2) is 4.39 Å². The minimum atomic E-state index is -1.44. The Morgan fingerprint density at radius 3 is 2.32 bits per heavy atom. The van der Waals surface area contributed by atoms with Gasteiger partial charge in [0.15, 0.2) is 0 Å². The number of hydrogen-bond donors (Lipinski definition) is 4. The SMILES string of the molecule is CC(C)n1c(/C=C(\O)[C@@H](O)C[C@@H](O)CC(=O)O)c(-c2ccc(F)cc2)c2ccccc21. The van der Waals surface area contributed by atoms with Crippen LogP contribution in [0.1, 0.15) is 38.4 Å². The summed E-state index contributed by atoms with van der Waals surface area (Å²) in [5.41, 5.74) is 3.05. The van der Waals surface area contributed by atoms with Gasteiger partial charge in [-0.05, 0) is 37.6 Å². The monoisotopic (exact) mass is 427 g/mol. The van der Waals surface area contributed by atoms with Gasteiger partial charge in [0, 0.05) is 35.0 Å². The van der Waals surface area contributed by atoms with Gasteiger partial charge in [-0.1, -0.05) is 30.3 Å². The Morgan fingerprint density at radius 2 is 1.71 bits per heavy atom. The second kappa shape index (κ2) is 9.32. The normalized spacial score (nSPS) is 14.2. The van der Waals surface area contributed by atoms with Crippen LogP contribution >= 0.6 is 0 Å². The molecule has 7 heteroatoms. The van der Waals surface area contributed by atoms with Gasteiger partial charge >= 0.3 is 5.97 Å². The number of carboxylic acid groups (broad SMARTS) is 1. The number of carbonyl (C=O) groups is 1. The standard InChI is InChI=1S/C24H26FNO5/c1-14(2)26-19-6-4-3-5-18(19)24(15-7-9-16(25)10-8-15)20(26)13-22(29)21(28)11-17(27)12-23(30)31/h3-10,13-14,17,21,27-29H,11-12H2,1-2H3,(H,30,31)/b22-13-/t17-,21+/m1/s1. The summed E-state index contributed by atoms with van der Waals surface area (Å²) < 4.78 is 15.5. The fourth-order valence-electron chi connectivity index (χ4n) is 3.80. The first-order chi connectivity index (χ1) is 14.7. The molecule has 2 aromatic carbocycles. The number of aromatic nitrogens is 1. The highest BCUT2D eigenvalue weighted by atomic mass is 19.1. The summed E-state index contributed by atoms with van der Waals surface area (Å²) in [5.74, 6) is -1.95. The van der Waals surface area contributed by atoms with Crippen LogP contribution in [0.25, 0.3) is 28.1 Å². The van der Waals surface area contributed by atoms with Gasteiger partial charge in [0.05, 0.1) is 18.2 Å². The smallest absolute Gasteiger partial charge is 0.305 e. The molecule has 0 amide bonds. The van der Waals surface area contributed by atoms with E-state index in [9.17, 15) is 24.5 Å². The largest absolute Gasteiger partial charge is 0.509 e. The Balaban J connectivity index is 2.15. The van der Waals surface area contributed by atoms with Crippen LogP contribution in [0.4, 0.5) is 4.39 Å². The van der Waals surface area contributed by atoms with Crippen molar-refractivity contribution in [2.75, 3.05) is 0 Å². The quantitative estimate of drug-likeness (QED) is 0.396. The highest BCUT2D eigenvalue weighted by Gasteiger charge is 2.22. The summed E-state index contributed by atoms with van der Waals surface area (Å²) >= 11 is 0. The van der Waals surface area contributed by atoms with Gasteiger partial charge in [0.25, 0.3) is 0 Å². The van der Waals surface area contributed by atoms with E-state index in [0.29, 0.717) is 5.69 Å². The van der Waals surface area contributed by atoms with E-state index in [4.69, 9.17) is 5.11 Å². The summed E-state index contributed by atoms with van der Waals surface area (Å²) in [6.07, 6.45) is -2.15. The van der Waals surface area contributed by atoms with Crippen LogP contribution in [0.5, 0.6) is 0 Å². The van der Waals surface area contributed by atoms with Crippen LogP contribution in [-0.2, 0) is 4.79 Å². The van der Waals surface area contributed by atoms with Crippen LogP contribution in [0.2, 0.25) is 0 Å². The summed E-state index contributed by atoms with van der Waals surface area (Å²) in [7, 11) is 0. The molecular formula is C24H26FNO5. The molecule has 1 aromatic heterocycles. The van der Waals surface area contributed by atoms with E-state index < -0.39 is 30.4 Å². The van der Waals surface area contributed by atoms with Crippen molar-refractivity contribution in [3.05, 3.63) is 65.8 Å². The molecule has 31 heavy (non-hydrogen) atoms. The molecule has 1 heterocycles. The number of benzene rings is 2. The van der Waals surface area contributed by atoms with Gasteiger partial charge in [0.1, 0.15) is 17.7 Å². The number of rotatable bonds is 8. The van der Waals surface area contributed by atoms with Crippen LogP contribution in [0.3, 0.4) is 0 Å². The minimum absolute atomic E-state index is 0.00731. The molecule has 0 spiro atoms. The first-order valence-corrected chi connectivity index (χ1v) is 10.1. The summed E-state index contributed by atoms with van der Waals surface area (Å²) in [6.45, 7) is 3.98. The van der Waals surface area contributed by atoms with Crippen molar-refractivity contribution in [1.82, 2.24) is 4.57 Å². The van der Waals surface area contributed by atoms with Gasteiger partial charge in [-0.2, -0.15) is 0 Å². The van der Waals surface area contributed by atoms with E-state index in [1.165, 1.54) is 18.2 Å². The number of hydrogen-bond acceptors (Lipinski definition) is 4. The second-order valence-corrected chi connectivity index (χ2v) is 7.82. The summed E-state index contributed by atoms with van der Waals surface area (Å²) in [4.78, 5) is 10.7. The third kappa shape index (κ3) is 4.95. The molecule has 0 saturated carbocycles. The first-order valence-electron chi connectivity index (χ1n) is 10.1. The highest BCUT2D eigenvalue weighted by molar-refractivity contribution is 6.01. The average Bonchev–Trinajstić information content (AvgIpc) is 3.01. The highest BCUT2D eigenvalue weighted by Crippen LogP contribution is 2.38. The number of fused-ring (bicyclic) bond motifs is 1. The van der Waals surface area contributed by atoms with Gasteiger partial charge in [0.2, 0.25) is 0 Å². The van der Waals surface area contributed by atoms with E-state index in [-0.39, 0.29) is 18.3 Å².